The molecule has 7 nitrogen and oxygen atoms in total. The fourth-order valence-corrected chi connectivity index (χ4v) is 3.69. The molecule has 2 saturated carbocycles. The van der Waals surface area contributed by atoms with Crippen molar-refractivity contribution in [3.8, 4) is 17.0 Å². The van der Waals surface area contributed by atoms with Crippen LogP contribution in [0.3, 0.4) is 0 Å². The van der Waals surface area contributed by atoms with Crippen molar-refractivity contribution in [1.82, 2.24) is 15.1 Å². The van der Waals surface area contributed by atoms with Crippen LogP contribution in [0.4, 0.5) is 23.7 Å². The van der Waals surface area contributed by atoms with Gasteiger partial charge in [0.25, 0.3) is 5.91 Å². The second-order valence-corrected chi connectivity index (χ2v) is 8.63. The number of phenols is 1. The Kier molecular flexibility index (Phi) is 5.30. The van der Waals surface area contributed by atoms with Crippen LogP contribution in [0.2, 0.25) is 0 Å². The number of alkyl halides is 3. The topological polar surface area (TPSA) is 96.3 Å². The molecule has 0 aliphatic heterocycles. The smallest absolute Gasteiger partial charge is 0.416 e. The summed E-state index contributed by atoms with van der Waals surface area (Å²) >= 11 is 0. The number of carbonyl (C=O) groups is 2. The van der Waals surface area contributed by atoms with E-state index in [-0.39, 0.29) is 35.0 Å². The van der Waals surface area contributed by atoms with Gasteiger partial charge >= 0.3 is 12.2 Å². The van der Waals surface area contributed by atoms with Gasteiger partial charge in [0.15, 0.2) is 0 Å². The minimum absolute atomic E-state index is 0.159. The molecule has 10 heteroatoms. The van der Waals surface area contributed by atoms with Crippen molar-refractivity contribution >= 4 is 17.6 Å². The van der Waals surface area contributed by atoms with Gasteiger partial charge in [-0.2, -0.15) is 23.0 Å². The minimum atomic E-state index is -4.56. The Labute approximate surface area is 192 Å². The number of amides is 2. The van der Waals surface area contributed by atoms with Gasteiger partial charge in [-0.25, -0.2) is 4.79 Å². The van der Waals surface area contributed by atoms with E-state index in [2.05, 4.69) is 15.7 Å². The van der Waals surface area contributed by atoms with E-state index >= 15 is 0 Å². The summed E-state index contributed by atoms with van der Waals surface area (Å²) in [5, 5.41) is 20.4. The molecule has 2 aliphatic carbocycles. The third kappa shape index (κ3) is 4.61. The number of hydrogen-bond donors (Lipinski definition) is 3. The zero-order valence-electron chi connectivity index (χ0n) is 17.9. The van der Waals surface area contributed by atoms with E-state index in [0.29, 0.717) is 11.3 Å². The first kappa shape index (κ1) is 22.0. The van der Waals surface area contributed by atoms with E-state index in [1.165, 1.54) is 22.9 Å². The molecule has 0 saturated heterocycles. The van der Waals surface area contributed by atoms with Crippen LogP contribution in [-0.4, -0.2) is 32.9 Å². The number of anilines is 1. The number of nitrogens with one attached hydrogen (secondary N) is 2. The lowest BCUT2D eigenvalue weighted by Gasteiger charge is -2.10. The Bertz CT molecular complexity index is 1280. The summed E-state index contributed by atoms with van der Waals surface area (Å²) in [4.78, 5) is 25.0. The molecular formula is C24H21F3N4O3. The van der Waals surface area contributed by atoms with E-state index in [4.69, 9.17) is 0 Å². The van der Waals surface area contributed by atoms with Crippen molar-refractivity contribution in [2.45, 2.75) is 43.8 Å². The molecule has 0 unspecified atom stereocenters. The number of nitrogens with zero attached hydrogens (tertiary/aromatic N) is 2. The number of aromatic nitrogens is 2. The molecule has 176 valence electrons. The van der Waals surface area contributed by atoms with Gasteiger partial charge in [-0.1, -0.05) is 6.07 Å². The highest BCUT2D eigenvalue weighted by Crippen LogP contribution is 2.42. The quantitative estimate of drug-likeness (QED) is 0.482. The van der Waals surface area contributed by atoms with E-state index < -0.39 is 17.6 Å². The second kappa shape index (κ2) is 8.19. The number of hydrogen-bond acceptors (Lipinski definition) is 4. The van der Waals surface area contributed by atoms with Crippen LogP contribution >= 0.6 is 0 Å². The molecule has 0 bridgehead atoms. The standard InChI is InChI=1S/C24H21F3N4O3/c25-24(26,27)15-3-1-2-14(10-15)22(33)28-17-8-9-18(21(32)11-17)19-12-20(13-4-5-13)31(30-19)23(34)29-16-6-7-16/h1-3,8-13,16,32H,4-7H2,(H,28,33)(H,29,34). The average Bonchev–Trinajstić information content (AvgIpc) is 3.73. The molecule has 1 heterocycles. The van der Waals surface area contributed by atoms with Gasteiger partial charge in [0, 0.05) is 34.8 Å². The van der Waals surface area contributed by atoms with E-state index in [9.17, 15) is 27.9 Å². The van der Waals surface area contributed by atoms with Crippen LogP contribution in [0, 0.1) is 0 Å². The maximum atomic E-state index is 12.9. The van der Waals surface area contributed by atoms with Crippen molar-refractivity contribution < 1.29 is 27.9 Å². The maximum absolute atomic E-state index is 12.9. The first-order valence-corrected chi connectivity index (χ1v) is 10.9. The Balaban J connectivity index is 1.36. The molecule has 2 aliphatic rings. The summed E-state index contributed by atoms with van der Waals surface area (Å²) < 4.78 is 40.1. The number of phenolic OH excluding ortho intramolecular Hbond substituents is 1. The van der Waals surface area contributed by atoms with E-state index in [1.807, 2.05) is 0 Å². The molecule has 0 spiro atoms. The van der Waals surface area contributed by atoms with Gasteiger partial charge < -0.3 is 15.7 Å². The van der Waals surface area contributed by atoms with Gasteiger partial charge in [0.05, 0.1) is 17.0 Å². The van der Waals surface area contributed by atoms with Crippen LogP contribution in [0.15, 0.2) is 48.5 Å². The van der Waals surface area contributed by atoms with Gasteiger partial charge in [0.2, 0.25) is 0 Å². The van der Waals surface area contributed by atoms with E-state index in [0.717, 1.165) is 49.6 Å². The number of aromatic hydroxyl groups is 1. The fraction of sp³-hybridized carbons (Fsp3) is 0.292. The van der Waals surface area contributed by atoms with Gasteiger partial charge in [0.1, 0.15) is 5.75 Å². The first-order valence-electron chi connectivity index (χ1n) is 10.9. The first-order chi connectivity index (χ1) is 16.2. The van der Waals surface area contributed by atoms with Crippen LogP contribution < -0.4 is 10.6 Å². The molecule has 2 amide bonds. The highest BCUT2D eigenvalue weighted by molar-refractivity contribution is 6.04. The van der Waals surface area contributed by atoms with Crippen molar-refractivity contribution in [2.75, 3.05) is 5.32 Å². The maximum Gasteiger partial charge on any atom is 0.416 e. The Morgan fingerprint density at radius 1 is 1.03 bits per heavy atom. The normalized spacial score (nSPS) is 15.7. The summed E-state index contributed by atoms with van der Waals surface area (Å²) in [7, 11) is 0. The molecule has 2 aromatic carbocycles. The number of rotatable bonds is 5. The SMILES string of the molecule is O=C(Nc1ccc(-c2cc(C3CC3)n(C(=O)NC3CC3)n2)c(O)c1)c1cccc(C(F)(F)F)c1. The third-order valence-corrected chi connectivity index (χ3v) is 5.81. The highest BCUT2D eigenvalue weighted by Gasteiger charge is 2.33. The Morgan fingerprint density at radius 2 is 1.79 bits per heavy atom. The molecule has 34 heavy (non-hydrogen) atoms. The number of carbonyl (C=O) groups excluding carboxylic acids is 2. The molecule has 1 aromatic heterocycles. The van der Waals surface area contributed by atoms with Gasteiger partial charge in [-0.3, -0.25) is 4.79 Å². The largest absolute Gasteiger partial charge is 0.507 e. The van der Waals surface area contributed by atoms with E-state index in [1.54, 1.807) is 12.1 Å². The van der Waals surface area contributed by atoms with Crippen LogP contribution in [0.5, 0.6) is 5.75 Å². The Morgan fingerprint density at radius 3 is 2.44 bits per heavy atom. The number of halogens is 3. The lowest BCUT2D eigenvalue weighted by Crippen LogP contribution is -2.32. The molecule has 5 rings (SSSR count). The zero-order chi connectivity index (χ0) is 24.0. The molecule has 0 atom stereocenters. The summed E-state index contributed by atoms with van der Waals surface area (Å²) in [5.74, 6) is -0.675. The summed E-state index contributed by atoms with van der Waals surface area (Å²) in [6.07, 6.45) is -0.725. The van der Waals surface area contributed by atoms with Crippen molar-refractivity contribution in [3.63, 3.8) is 0 Å². The molecular weight excluding hydrogens is 449 g/mol. The summed E-state index contributed by atoms with van der Waals surface area (Å²) in [6.45, 7) is 0. The monoisotopic (exact) mass is 470 g/mol. The predicted octanol–water partition coefficient (Wildman–Crippen LogP) is 5.12. The summed E-state index contributed by atoms with van der Waals surface area (Å²) in [5.41, 5.74) is 0.698. The average molecular weight is 470 g/mol. The van der Waals surface area contributed by atoms with Crippen LogP contribution in [0.25, 0.3) is 11.3 Å². The zero-order valence-corrected chi connectivity index (χ0v) is 17.9. The number of benzene rings is 2. The lowest BCUT2D eigenvalue weighted by molar-refractivity contribution is -0.137. The van der Waals surface area contributed by atoms with Crippen molar-refractivity contribution in [2.24, 2.45) is 0 Å². The van der Waals surface area contributed by atoms with Gasteiger partial charge in [-0.15, -0.1) is 0 Å². The molecule has 3 aromatic rings. The lowest BCUT2D eigenvalue weighted by atomic mass is 10.1. The summed E-state index contributed by atoms with van der Waals surface area (Å²) in [6, 6.07) is 10.1. The third-order valence-electron chi connectivity index (χ3n) is 5.81. The van der Waals surface area contributed by atoms with Crippen LogP contribution in [0.1, 0.15) is 53.2 Å². The van der Waals surface area contributed by atoms with Crippen molar-refractivity contribution in [1.29, 1.82) is 0 Å². The molecule has 3 N–H and O–H groups in total. The fourth-order valence-electron chi connectivity index (χ4n) is 3.69. The highest BCUT2D eigenvalue weighted by atomic mass is 19.4. The Hall–Kier alpha value is -3.82. The van der Waals surface area contributed by atoms with Crippen LogP contribution in [-0.2, 0) is 6.18 Å². The van der Waals surface area contributed by atoms with Crippen molar-refractivity contribution in [3.05, 3.63) is 65.4 Å². The molecule has 2 fully saturated rings. The predicted molar refractivity (Wildman–Crippen MR) is 118 cm³/mol. The second-order valence-electron chi connectivity index (χ2n) is 8.63. The van der Waals surface area contributed by atoms with Gasteiger partial charge in [-0.05, 0) is 62.1 Å². The molecule has 0 radical (unpaired) electrons. The minimum Gasteiger partial charge on any atom is -0.507 e.